The smallest absolute Gasteiger partial charge is 0.354 e. The fraction of sp³-hybridized carbons (Fsp3) is 0.471. The standard InChI is InChI=1S/C17H23N5O5S/c1-3-27-17(24)14-7-12(10-21(14)2)28(25,26)22-6-4-5-11(9-22)15-13(16(18)23)8-19-20-15/h7-8,10-11H,3-6,9H2,1-2H3,(H2,18,23)(H,19,20)/t11-/m0/s1. The van der Waals surface area contributed by atoms with E-state index in [9.17, 15) is 18.0 Å². The van der Waals surface area contributed by atoms with Crippen LogP contribution in [-0.4, -0.2) is 59.1 Å². The molecular formula is C17H23N5O5S. The van der Waals surface area contributed by atoms with Crippen LogP contribution in [0.25, 0.3) is 0 Å². The number of aryl methyl sites for hydroxylation is 1. The van der Waals surface area contributed by atoms with Crippen molar-refractivity contribution in [3.8, 4) is 0 Å². The van der Waals surface area contributed by atoms with E-state index >= 15 is 0 Å². The van der Waals surface area contributed by atoms with Crippen LogP contribution in [0.15, 0.2) is 23.4 Å². The molecule has 2 aromatic heterocycles. The van der Waals surface area contributed by atoms with Crippen molar-refractivity contribution in [3.63, 3.8) is 0 Å². The van der Waals surface area contributed by atoms with Crippen molar-refractivity contribution in [3.05, 3.63) is 35.4 Å². The maximum Gasteiger partial charge on any atom is 0.354 e. The summed E-state index contributed by atoms with van der Waals surface area (Å²) in [6.07, 6.45) is 4.08. The third-order valence-electron chi connectivity index (χ3n) is 4.83. The first kappa shape index (κ1) is 20.1. The molecule has 0 radical (unpaired) electrons. The molecule has 10 nitrogen and oxygen atoms in total. The van der Waals surface area contributed by atoms with Gasteiger partial charge in [0.1, 0.15) is 10.6 Å². The number of carbonyl (C=O) groups is 2. The second kappa shape index (κ2) is 7.76. The van der Waals surface area contributed by atoms with E-state index in [0.717, 1.165) is 0 Å². The van der Waals surface area contributed by atoms with Gasteiger partial charge in [-0.25, -0.2) is 13.2 Å². The van der Waals surface area contributed by atoms with Crippen LogP contribution in [0.3, 0.4) is 0 Å². The molecule has 1 atom stereocenters. The molecule has 1 saturated heterocycles. The SMILES string of the molecule is CCOC(=O)c1cc(S(=O)(=O)N2CCC[C@H](c3[nH]ncc3C(N)=O)C2)cn1C. The van der Waals surface area contributed by atoms with Crippen molar-refractivity contribution in [2.45, 2.75) is 30.6 Å². The van der Waals surface area contributed by atoms with Crippen molar-refractivity contribution in [1.29, 1.82) is 0 Å². The number of hydrogen-bond donors (Lipinski definition) is 2. The number of aromatic amines is 1. The highest BCUT2D eigenvalue weighted by Gasteiger charge is 2.34. The van der Waals surface area contributed by atoms with Crippen molar-refractivity contribution in [2.24, 2.45) is 12.8 Å². The Balaban J connectivity index is 1.86. The highest BCUT2D eigenvalue weighted by atomic mass is 32.2. The average molecular weight is 409 g/mol. The van der Waals surface area contributed by atoms with Gasteiger partial charge < -0.3 is 15.0 Å². The van der Waals surface area contributed by atoms with Gasteiger partial charge in [0.25, 0.3) is 5.91 Å². The molecule has 0 aromatic carbocycles. The summed E-state index contributed by atoms with van der Waals surface area (Å²) in [7, 11) is -2.22. The van der Waals surface area contributed by atoms with E-state index < -0.39 is 21.9 Å². The van der Waals surface area contributed by atoms with Crippen molar-refractivity contribution in [1.82, 2.24) is 19.1 Å². The molecule has 0 saturated carbocycles. The number of sulfonamides is 1. The first-order valence-electron chi connectivity index (χ1n) is 8.92. The molecular weight excluding hydrogens is 386 g/mol. The summed E-state index contributed by atoms with van der Waals surface area (Å²) in [6.45, 7) is 2.42. The number of nitrogens with two attached hydrogens (primary N) is 1. The Morgan fingerprint density at radius 2 is 2.18 bits per heavy atom. The predicted octanol–water partition coefficient (Wildman–Crippen LogP) is 0.592. The number of nitrogens with one attached hydrogen (secondary N) is 1. The topological polar surface area (TPSA) is 140 Å². The van der Waals surface area contributed by atoms with Crippen LogP contribution in [0.1, 0.15) is 52.2 Å². The quantitative estimate of drug-likeness (QED) is 0.669. The van der Waals surface area contributed by atoms with Gasteiger partial charge in [0.2, 0.25) is 10.0 Å². The Morgan fingerprint density at radius 3 is 2.86 bits per heavy atom. The number of amides is 1. The summed E-state index contributed by atoms with van der Waals surface area (Å²) in [6, 6.07) is 1.32. The van der Waals surface area contributed by atoms with E-state index in [-0.39, 0.29) is 35.2 Å². The lowest BCUT2D eigenvalue weighted by Crippen LogP contribution is -2.39. The monoisotopic (exact) mass is 409 g/mol. The van der Waals surface area contributed by atoms with Crippen LogP contribution in [-0.2, 0) is 21.8 Å². The average Bonchev–Trinajstić information content (AvgIpc) is 3.29. The van der Waals surface area contributed by atoms with Crippen LogP contribution < -0.4 is 5.73 Å². The molecule has 28 heavy (non-hydrogen) atoms. The molecule has 1 fully saturated rings. The Bertz CT molecular complexity index is 994. The number of hydrogen-bond acceptors (Lipinski definition) is 6. The van der Waals surface area contributed by atoms with E-state index in [1.54, 1.807) is 14.0 Å². The maximum absolute atomic E-state index is 13.1. The minimum atomic E-state index is -3.82. The van der Waals surface area contributed by atoms with Gasteiger partial charge in [-0.05, 0) is 25.8 Å². The third-order valence-corrected chi connectivity index (χ3v) is 6.66. The zero-order chi connectivity index (χ0) is 20.5. The second-order valence-corrected chi connectivity index (χ2v) is 8.59. The summed E-state index contributed by atoms with van der Waals surface area (Å²) >= 11 is 0. The van der Waals surface area contributed by atoms with Gasteiger partial charge in [-0.3, -0.25) is 9.89 Å². The molecule has 3 rings (SSSR count). The molecule has 0 unspecified atom stereocenters. The number of piperidine rings is 1. The fourth-order valence-electron chi connectivity index (χ4n) is 3.43. The molecule has 3 heterocycles. The van der Waals surface area contributed by atoms with Gasteiger partial charge in [-0.2, -0.15) is 9.40 Å². The van der Waals surface area contributed by atoms with E-state index in [4.69, 9.17) is 10.5 Å². The van der Waals surface area contributed by atoms with Gasteiger partial charge in [0, 0.05) is 32.3 Å². The number of esters is 1. The second-order valence-electron chi connectivity index (χ2n) is 6.66. The zero-order valence-electron chi connectivity index (χ0n) is 15.7. The van der Waals surface area contributed by atoms with E-state index in [1.807, 2.05) is 0 Å². The van der Waals surface area contributed by atoms with E-state index in [1.165, 1.54) is 27.3 Å². The Morgan fingerprint density at radius 1 is 1.43 bits per heavy atom. The molecule has 1 aliphatic heterocycles. The lowest BCUT2D eigenvalue weighted by molar-refractivity contribution is 0.0515. The maximum atomic E-state index is 13.1. The summed E-state index contributed by atoms with van der Waals surface area (Å²) in [5, 5.41) is 6.64. The van der Waals surface area contributed by atoms with Crippen molar-refractivity contribution in [2.75, 3.05) is 19.7 Å². The lowest BCUT2D eigenvalue weighted by Gasteiger charge is -2.31. The number of ether oxygens (including phenoxy) is 1. The highest BCUT2D eigenvalue weighted by Crippen LogP contribution is 2.31. The lowest BCUT2D eigenvalue weighted by atomic mass is 9.93. The highest BCUT2D eigenvalue weighted by molar-refractivity contribution is 7.89. The molecule has 1 amide bonds. The number of H-pyrrole nitrogens is 1. The number of primary amides is 1. The normalized spacial score (nSPS) is 18.1. The van der Waals surface area contributed by atoms with Gasteiger partial charge >= 0.3 is 5.97 Å². The van der Waals surface area contributed by atoms with Gasteiger partial charge in [0.15, 0.2) is 0 Å². The van der Waals surface area contributed by atoms with Gasteiger partial charge in [-0.1, -0.05) is 0 Å². The van der Waals surface area contributed by atoms with Crippen molar-refractivity contribution < 1.29 is 22.7 Å². The van der Waals surface area contributed by atoms with Crippen LogP contribution >= 0.6 is 0 Å². The number of nitrogens with zero attached hydrogens (tertiary/aromatic N) is 3. The summed E-state index contributed by atoms with van der Waals surface area (Å²) in [4.78, 5) is 23.6. The molecule has 0 bridgehead atoms. The van der Waals surface area contributed by atoms with Crippen LogP contribution in [0, 0.1) is 0 Å². The first-order chi connectivity index (χ1) is 13.3. The minimum Gasteiger partial charge on any atom is -0.461 e. The number of carbonyl (C=O) groups excluding carboxylic acids is 2. The molecule has 0 aliphatic carbocycles. The third kappa shape index (κ3) is 3.67. The van der Waals surface area contributed by atoms with Gasteiger partial charge in [0.05, 0.1) is 24.1 Å². The fourth-order valence-corrected chi connectivity index (χ4v) is 5.03. The summed E-state index contributed by atoms with van der Waals surface area (Å²) < 4.78 is 34.0. The molecule has 0 spiro atoms. The van der Waals surface area contributed by atoms with E-state index in [2.05, 4.69) is 10.2 Å². The Hall–Kier alpha value is -2.66. The van der Waals surface area contributed by atoms with Gasteiger partial charge in [-0.15, -0.1) is 0 Å². The van der Waals surface area contributed by atoms with Crippen LogP contribution in [0.2, 0.25) is 0 Å². The predicted molar refractivity (Wildman–Crippen MR) is 99.2 cm³/mol. The Labute approximate surface area is 162 Å². The van der Waals surface area contributed by atoms with Crippen LogP contribution in [0.4, 0.5) is 0 Å². The van der Waals surface area contributed by atoms with Crippen molar-refractivity contribution >= 4 is 21.9 Å². The molecule has 2 aromatic rings. The molecule has 152 valence electrons. The van der Waals surface area contributed by atoms with E-state index in [0.29, 0.717) is 25.1 Å². The summed E-state index contributed by atoms with van der Waals surface area (Å²) in [5.74, 6) is -1.40. The molecule has 11 heteroatoms. The number of aromatic nitrogens is 3. The molecule has 1 aliphatic rings. The summed E-state index contributed by atoms with van der Waals surface area (Å²) in [5.41, 5.74) is 6.36. The Kier molecular flexibility index (Phi) is 5.57. The van der Waals surface area contributed by atoms with Crippen LogP contribution in [0.5, 0.6) is 0 Å². The number of rotatable bonds is 6. The largest absolute Gasteiger partial charge is 0.461 e. The molecule has 3 N–H and O–H groups in total. The first-order valence-corrected chi connectivity index (χ1v) is 10.4. The zero-order valence-corrected chi connectivity index (χ0v) is 16.5. The minimum absolute atomic E-state index is 0.0263.